The lowest BCUT2D eigenvalue weighted by Gasteiger charge is -2.05. The zero-order chi connectivity index (χ0) is 11.1. The molecule has 0 spiro atoms. The highest BCUT2D eigenvalue weighted by Crippen LogP contribution is 2.09. The van der Waals surface area contributed by atoms with E-state index in [-0.39, 0.29) is 12.4 Å². The Labute approximate surface area is 89.5 Å². The van der Waals surface area contributed by atoms with Crippen LogP contribution in [0.4, 0.5) is 5.69 Å². The lowest BCUT2D eigenvalue weighted by molar-refractivity contribution is -0.142. The molecule has 82 valence electrons. The van der Waals surface area contributed by atoms with Crippen LogP contribution in [0.2, 0.25) is 0 Å². The average Bonchev–Trinajstić information content (AvgIpc) is 2.22. The standard InChI is InChI=1S/C11H16N2O2/c1-2-3-6-15-11(14)7-9-8-13-5-4-10(9)12/h4-5,8H,2-3,6-7H2,1H3,(H2,12,13). The number of hydrogen-bond donors (Lipinski definition) is 1. The van der Waals surface area contributed by atoms with E-state index in [0.29, 0.717) is 12.3 Å². The molecule has 1 aromatic heterocycles. The van der Waals surface area contributed by atoms with Gasteiger partial charge in [-0.05, 0) is 12.5 Å². The predicted molar refractivity (Wildman–Crippen MR) is 58.2 cm³/mol. The zero-order valence-electron chi connectivity index (χ0n) is 8.90. The second kappa shape index (κ2) is 6.01. The molecule has 0 aliphatic carbocycles. The minimum absolute atomic E-state index is 0.198. The van der Waals surface area contributed by atoms with Crippen LogP contribution in [0.15, 0.2) is 18.5 Å². The number of nitrogens with two attached hydrogens (primary N) is 1. The number of carbonyl (C=O) groups is 1. The van der Waals surface area contributed by atoms with Crippen LogP contribution in [0.1, 0.15) is 25.3 Å². The summed E-state index contributed by atoms with van der Waals surface area (Å²) >= 11 is 0. The monoisotopic (exact) mass is 208 g/mol. The second-order valence-corrected chi connectivity index (χ2v) is 3.33. The van der Waals surface area contributed by atoms with E-state index in [1.807, 2.05) is 6.92 Å². The largest absolute Gasteiger partial charge is 0.465 e. The van der Waals surface area contributed by atoms with Crippen molar-refractivity contribution in [2.75, 3.05) is 12.3 Å². The summed E-state index contributed by atoms with van der Waals surface area (Å²) in [7, 11) is 0. The number of ether oxygens (including phenoxy) is 1. The molecule has 15 heavy (non-hydrogen) atoms. The Balaban J connectivity index is 2.41. The molecule has 1 rings (SSSR count). The van der Waals surface area contributed by atoms with Crippen molar-refractivity contribution in [2.45, 2.75) is 26.2 Å². The fraction of sp³-hybridized carbons (Fsp3) is 0.455. The molecule has 1 heterocycles. The summed E-state index contributed by atoms with van der Waals surface area (Å²) < 4.78 is 5.02. The molecule has 0 unspecified atom stereocenters. The Morgan fingerprint density at radius 2 is 2.40 bits per heavy atom. The predicted octanol–water partition coefficient (Wildman–Crippen LogP) is 1.55. The van der Waals surface area contributed by atoms with Crippen molar-refractivity contribution in [3.05, 3.63) is 24.0 Å². The number of aromatic nitrogens is 1. The number of nitrogen functional groups attached to an aromatic ring is 1. The Bertz CT molecular complexity index is 326. The van der Waals surface area contributed by atoms with Gasteiger partial charge in [0.15, 0.2) is 0 Å². The van der Waals surface area contributed by atoms with Gasteiger partial charge in [-0.25, -0.2) is 0 Å². The molecule has 0 aromatic carbocycles. The van der Waals surface area contributed by atoms with Gasteiger partial charge in [0.05, 0.1) is 13.0 Å². The maximum atomic E-state index is 11.3. The molecule has 4 heteroatoms. The third kappa shape index (κ3) is 3.97. The molecule has 2 N–H and O–H groups in total. The van der Waals surface area contributed by atoms with E-state index < -0.39 is 0 Å². The molecule has 0 aliphatic heterocycles. The number of carbonyl (C=O) groups excluding carboxylic acids is 1. The fourth-order valence-electron chi connectivity index (χ4n) is 1.12. The Kier molecular flexibility index (Phi) is 4.60. The van der Waals surface area contributed by atoms with Gasteiger partial charge in [-0.3, -0.25) is 9.78 Å². The number of rotatable bonds is 5. The third-order valence-electron chi connectivity index (χ3n) is 2.04. The van der Waals surface area contributed by atoms with Crippen LogP contribution in [-0.2, 0) is 16.0 Å². The van der Waals surface area contributed by atoms with Gasteiger partial charge in [0.2, 0.25) is 0 Å². The second-order valence-electron chi connectivity index (χ2n) is 3.33. The lowest BCUT2D eigenvalue weighted by Crippen LogP contribution is -2.10. The first-order chi connectivity index (χ1) is 7.24. The minimum atomic E-state index is -0.247. The molecular weight excluding hydrogens is 192 g/mol. The van der Waals surface area contributed by atoms with Gasteiger partial charge in [-0.1, -0.05) is 13.3 Å². The highest BCUT2D eigenvalue weighted by Gasteiger charge is 2.07. The highest BCUT2D eigenvalue weighted by molar-refractivity contribution is 5.74. The van der Waals surface area contributed by atoms with Crippen molar-refractivity contribution in [3.63, 3.8) is 0 Å². The molecule has 0 atom stereocenters. The summed E-state index contributed by atoms with van der Waals surface area (Å²) in [5, 5.41) is 0. The Hall–Kier alpha value is -1.58. The first-order valence-corrected chi connectivity index (χ1v) is 5.08. The van der Waals surface area contributed by atoms with Crippen LogP contribution in [0.25, 0.3) is 0 Å². The van der Waals surface area contributed by atoms with Crippen molar-refractivity contribution in [2.24, 2.45) is 0 Å². The van der Waals surface area contributed by atoms with E-state index in [4.69, 9.17) is 10.5 Å². The van der Waals surface area contributed by atoms with Crippen molar-refractivity contribution >= 4 is 11.7 Å². The van der Waals surface area contributed by atoms with Gasteiger partial charge in [0.1, 0.15) is 0 Å². The van der Waals surface area contributed by atoms with Crippen LogP contribution in [-0.4, -0.2) is 17.6 Å². The average molecular weight is 208 g/mol. The molecule has 1 aromatic rings. The lowest BCUT2D eigenvalue weighted by atomic mass is 10.2. The van der Waals surface area contributed by atoms with Gasteiger partial charge >= 0.3 is 5.97 Å². The van der Waals surface area contributed by atoms with Crippen LogP contribution >= 0.6 is 0 Å². The van der Waals surface area contributed by atoms with Gasteiger partial charge in [0, 0.05) is 23.6 Å². The molecule has 0 fully saturated rings. The van der Waals surface area contributed by atoms with Gasteiger partial charge in [-0.2, -0.15) is 0 Å². The maximum Gasteiger partial charge on any atom is 0.310 e. The third-order valence-corrected chi connectivity index (χ3v) is 2.04. The van der Waals surface area contributed by atoms with E-state index in [0.717, 1.165) is 18.4 Å². The smallest absolute Gasteiger partial charge is 0.310 e. The number of hydrogen-bond acceptors (Lipinski definition) is 4. The maximum absolute atomic E-state index is 11.3. The molecule has 0 amide bonds. The van der Waals surface area contributed by atoms with E-state index >= 15 is 0 Å². The normalized spacial score (nSPS) is 9.93. The molecule has 4 nitrogen and oxygen atoms in total. The minimum Gasteiger partial charge on any atom is -0.465 e. The van der Waals surface area contributed by atoms with E-state index in [1.165, 1.54) is 0 Å². The van der Waals surface area contributed by atoms with Gasteiger partial charge < -0.3 is 10.5 Å². The van der Waals surface area contributed by atoms with Crippen LogP contribution < -0.4 is 5.73 Å². The van der Waals surface area contributed by atoms with Gasteiger partial charge in [0.25, 0.3) is 0 Å². The molecular formula is C11H16N2O2. The number of pyridine rings is 1. The highest BCUT2D eigenvalue weighted by atomic mass is 16.5. The van der Waals surface area contributed by atoms with Crippen molar-refractivity contribution in [3.8, 4) is 0 Å². The molecule has 0 radical (unpaired) electrons. The molecule has 0 saturated heterocycles. The number of nitrogens with zero attached hydrogens (tertiary/aromatic N) is 1. The molecule has 0 bridgehead atoms. The Morgan fingerprint density at radius 3 is 3.07 bits per heavy atom. The Morgan fingerprint density at radius 1 is 1.60 bits per heavy atom. The zero-order valence-corrected chi connectivity index (χ0v) is 8.90. The summed E-state index contributed by atoms with van der Waals surface area (Å²) in [5.41, 5.74) is 6.98. The summed E-state index contributed by atoms with van der Waals surface area (Å²) in [6.45, 7) is 2.53. The quantitative estimate of drug-likeness (QED) is 0.589. The summed E-state index contributed by atoms with van der Waals surface area (Å²) in [6.07, 6.45) is 5.30. The number of esters is 1. The van der Waals surface area contributed by atoms with E-state index in [1.54, 1.807) is 18.5 Å². The first kappa shape index (κ1) is 11.5. The van der Waals surface area contributed by atoms with Crippen LogP contribution in [0.5, 0.6) is 0 Å². The first-order valence-electron chi connectivity index (χ1n) is 5.08. The summed E-state index contributed by atoms with van der Waals surface area (Å²) in [6, 6.07) is 1.68. The topological polar surface area (TPSA) is 65.2 Å². The van der Waals surface area contributed by atoms with Crippen LogP contribution in [0, 0.1) is 0 Å². The van der Waals surface area contributed by atoms with Crippen LogP contribution in [0.3, 0.4) is 0 Å². The van der Waals surface area contributed by atoms with Crippen molar-refractivity contribution < 1.29 is 9.53 Å². The molecule has 0 saturated carbocycles. The van der Waals surface area contributed by atoms with E-state index in [2.05, 4.69) is 4.98 Å². The summed E-state index contributed by atoms with van der Waals surface area (Å²) in [4.78, 5) is 15.2. The molecule has 0 aliphatic rings. The van der Waals surface area contributed by atoms with Crippen molar-refractivity contribution in [1.82, 2.24) is 4.98 Å². The summed E-state index contributed by atoms with van der Waals surface area (Å²) in [5.74, 6) is -0.247. The van der Waals surface area contributed by atoms with Gasteiger partial charge in [-0.15, -0.1) is 0 Å². The fourth-order valence-corrected chi connectivity index (χ4v) is 1.12. The number of anilines is 1. The van der Waals surface area contributed by atoms with Crippen molar-refractivity contribution in [1.29, 1.82) is 0 Å². The SMILES string of the molecule is CCCCOC(=O)Cc1cnccc1N. The number of unbranched alkanes of at least 4 members (excludes halogenated alkanes) is 1. The van der Waals surface area contributed by atoms with E-state index in [9.17, 15) is 4.79 Å².